The Morgan fingerprint density at radius 1 is 1.41 bits per heavy atom. The summed E-state index contributed by atoms with van der Waals surface area (Å²) in [6.45, 7) is -0.390. The Balaban J connectivity index is 2.06. The Hall–Kier alpha value is -1.48. The van der Waals surface area contributed by atoms with Crippen molar-refractivity contribution >= 4 is 16.7 Å². The van der Waals surface area contributed by atoms with Gasteiger partial charge in [-0.1, -0.05) is 0 Å². The lowest BCUT2D eigenvalue weighted by Crippen LogP contribution is -2.13. The third kappa shape index (κ3) is 3.14. The third-order valence-electron chi connectivity index (χ3n) is 3.57. The molecule has 0 N–H and O–H groups in total. The van der Waals surface area contributed by atoms with Crippen LogP contribution in [0.15, 0.2) is 12.3 Å². The number of aromatic nitrogens is 3. The van der Waals surface area contributed by atoms with Gasteiger partial charge in [0.15, 0.2) is 16.7 Å². The van der Waals surface area contributed by atoms with E-state index in [1.807, 2.05) is 0 Å². The first kappa shape index (κ1) is 15.4. The summed E-state index contributed by atoms with van der Waals surface area (Å²) in [5, 5.41) is 7.61. The fraction of sp³-hybridized carbons (Fsp3) is 0.538. The van der Waals surface area contributed by atoms with Crippen molar-refractivity contribution in [2.75, 3.05) is 6.26 Å². The highest BCUT2D eigenvalue weighted by Gasteiger charge is 2.38. The van der Waals surface area contributed by atoms with Gasteiger partial charge in [0, 0.05) is 18.9 Å². The van der Waals surface area contributed by atoms with Gasteiger partial charge in [-0.3, -0.25) is 8.58 Å². The number of fused-ring (bicyclic) bond motifs is 1. The quantitative estimate of drug-likeness (QED) is 0.844. The molecule has 1 aliphatic rings. The van der Waals surface area contributed by atoms with Crippen LogP contribution in [0.5, 0.6) is 0 Å². The second kappa shape index (κ2) is 5.62. The maximum absolute atomic E-state index is 13.4. The summed E-state index contributed by atoms with van der Waals surface area (Å²) in [6, 6.07) is 1.32. The number of rotatable bonds is 5. The number of hydrogen-bond acceptors (Lipinski definition) is 4. The number of nitrogens with zero attached hydrogens (tertiary/aromatic N) is 3. The molecule has 0 amide bonds. The zero-order chi connectivity index (χ0) is 15.9. The van der Waals surface area contributed by atoms with Crippen molar-refractivity contribution in [3.63, 3.8) is 0 Å². The fourth-order valence-electron chi connectivity index (χ4n) is 2.34. The van der Waals surface area contributed by atoms with Crippen molar-refractivity contribution in [2.45, 2.75) is 32.0 Å². The number of halogens is 3. The van der Waals surface area contributed by atoms with Crippen LogP contribution in [0.1, 0.15) is 29.8 Å². The molecule has 0 aromatic carbocycles. The van der Waals surface area contributed by atoms with E-state index in [1.54, 1.807) is 0 Å². The Morgan fingerprint density at radius 3 is 2.73 bits per heavy atom. The summed E-state index contributed by atoms with van der Waals surface area (Å²) >= 11 is -1.64. The number of alkyl halides is 3. The van der Waals surface area contributed by atoms with Gasteiger partial charge in [-0.25, -0.2) is 4.21 Å². The summed E-state index contributed by atoms with van der Waals surface area (Å²) in [6.07, 6.45) is 0.980. The lowest BCUT2D eigenvalue weighted by Gasteiger charge is -2.13. The Morgan fingerprint density at radius 2 is 2.14 bits per heavy atom. The molecule has 5 nitrogen and oxygen atoms in total. The minimum Gasteiger partial charge on any atom is -0.286 e. The highest BCUT2D eigenvalue weighted by molar-refractivity contribution is 7.79. The molecule has 1 unspecified atom stereocenters. The van der Waals surface area contributed by atoms with Gasteiger partial charge in [0.2, 0.25) is 0 Å². The molecular weight excluding hydrogens is 319 g/mol. The lowest BCUT2D eigenvalue weighted by molar-refractivity contribution is -0.137. The van der Waals surface area contributed by atoms with Gasteiger partial charge in [0.25, 0.3) is 0 Å². The van der Waals surface area contributed by atoms with Crippen molar-refractivity contribution in [3.8, 4) is 0 Å². The van der Waals surface area contributed by atoms with Crippen molar-refractivity contribution in [1.29, 1.82) is 0 Å². The molecule has 2 aromatic rings. The van der Waals surface area contributed by atoms with Crippen LogP contribution in [0, 0.1) is 5.92 Å². The van der Waals surface area contributed by atoms with Crippen LogP contribution in [0.2, 0.25) is 0 Å². The number of hydrogen-bond donors (Lipinski definition) is 0. The fourth-order valence-corrected chi connectivity index (χ4v) is 2.63. The molecule has 0 bridgehead atoms. The van der Waals surface area contributed by atoms with E-state index in [2.05, 4.69) is 10.2 Å². The molecule has 22 heavy (non-hydrogen) atoms. The van der Waals surface area contributed by atoms with E-state index in [1.165, 1.54) is 22.9 Å². The van der Waals surface area contributed by atoms with E-state index in [0.717, 1.165) is 12.8 Å². The van der Waals surface area contributed by atoms with Gasteiger partial charge in [-0.15, -0.1) is 10.2 Å². The zero-order valence-corrected chi connectivity index (χ0v) is 12.6. The molecule has 1 atom stereocenters. The van der Waals surface area contributed by atoms with E-state index in [9.17, 15) is 17.4 Å². The van der Waals surface area contributed by atoms with Gasteiger partial charge >= 0.3 is 6.18 Å². The van der Waals surface area contributed by atoms with E-state index in [4.69, 9.17) is 4.18 Å². The standard InChI is InChI=1S/C13H14F3N3O2S/c1-22(20)21-7-9-4-5-19-10(6-8-2-3-8)17-18-12(19)11(9)13(14,15)16/h4-5,8H,2-3,6-7H2,1H3. The summed E-state index contributed by atoms with van der Waals surface area (Å²) in [5.74, 6) is 1.03. The summed E-state index contributed by atoms with van der Waals surface area (Å²) in [7, 11) is 0. The van der Waals surface area contributed by atoms with Gasteiger partial charge < -0.3 is 0 Å². The van der Waals surface area contributed by atoms with Gasteiger partial charge in [0.05, 0.1) is 6.61 Å². The first-order valence-electron chi connectivity index (χ1n) is 6.75. The normalized spacial score (nSPS) is 17.1. The van der Waals surface area contributed by atoms with E-state index < -0.39 is 22.8 Å². The third-order valence-corrected chi connectivity index (χ3v) is 4.02. The Bertz CT molecular complexity index is 725. The predicted molar refractivity (Wildman–Crippen MR) is 73.3 cm³/mol. The molecule has 9 heteroatoms. The molecular formula is C13H14F3N3O2S. The van der Waals surface area contributed by atoms with E-state index >= 15 is 0 Å². The molecule has 0 saturated heterocycles. The molecule has 2 aromatic heterocycles. The van der Waals surface area contributed by atoms with Gasteiger partial charge in [-0.2, -0.15) is 13.2 Å². The smallest absolute Gasteiger partial charge is 0.286 e. The van der Waals surface area contributed by atoms with Crippen LogP contribution in [0.4, 0.5) is 13.2 Å². The van der Waals surface area contributed by atoms with Crippen LogP contribution < -0.4 is 0 Å². The summed E-state index contributed by atoms with van der Waals surface area (Å²) in [5.41, 5.74) is -1.21. The van der Waals surface area contributed by atoms with Crippen molar-refractivity contribution < 1.29 is 21.6 Å². The van der Waals surface area contributed by atoms with Gasteiger partial charge in [0.1, 0.15) is 11.4 Å². The second-order valence-corrected chi connectivity index (χ2v) is 6.37. The maximum Gasteiger partial charge on any atom is 0.420 e. The van der Waals surface area contributed by atoms with E-state index in [0.29, 0.717) is 18.2 Å². The van der Waals surface area contributed by atoms with E-state index in [-0.39, 0.29) is 17.8 Å². The molecule has 2 heterocycles. The second-order valence-electron chi connectivity index (χ2n) is 5.33. The summed E-state index contributed by atoms with van der Waals surface area (Å²) in [4.78, 5) is 0. The molecule has 3 rings (SSSR count). The van der Waals surface area contributed by atoms with Crippen molar-refractivity contribution in [2.24, 2.45) is 5.92 Å². The largest absolute Gasteiger partial charge is 0.420 e. The molecule has 0 radical (unpaired) electrons. The molecule has 120 valence electrons. The molecule has 1 saturated carbocycles. The first-order chi connectivity index (χ1) is 10.4. The minimum atomic E-state index is -4.58. The van der Waals surface area contributed by atoms with Crippen LogP contribution >= 0.6 is 0 Å². The lowest BCUT2D eigenvalue weighted by atomic mass is 10.1. The molecule has 1 fully saturated rings. The van der Waals surface area contributed by atoms with Crippen LogP contribution in [0.25, 0.3) is 5.65 Å². The van der Waals surface area contributed by atoms with Crippen LogP contribution in [0.3, 0.4) is 0 Å². The summed E-state index contributed by atoms with van der Waals surface area (Å²) < 4.78 is 57.3. The number of pyridine rings is 1. The Labute approximate surface area is 127 Å². The first-order valence-corrected chi connectivity index (χ1v) is 8.24. The highest BCUT2D eigenvalue weighted by Crippen LogP contribution is 2.36. The van der Waals surface area contributed by atoms with Crippen molar-refractivity contribution in [3.05, 3.63) is 29.2 Å². The maximum atomic E-state index is 13.4. The molecule has 0 spiro atoms. The van der Waals surface area contributed by atoms with Crippen LogP contribution in [-0.2, 0) is 34.5 Å². The minimum absolute atomic E-state index is 0.0967. The van der Waals surface area contributed by atoms with Gasteiger partial charge in [-0.05, 0) is 30.4 Å². The SMILES string of the molecule is CS(=O)OCc1ccn2c(CC3CC3)nnc2c1C(F)(F)F. The predicted octanol–water partition coefficient (Wildman–Crippen LogP) is 2.51. The molecule has 1 aliphatic carbocycles. The average molecular weight is 333 g/mol. The highest BCUT2D eigenvalue weighted by atomic mass is 32.2. The average Bonchev–Trinajstić information content (AvgIpc) is 3.15. The monoisotopic (exact) mass is 333 g/mol. The molecule has 0 aliphatic heterocycles. The topological polar surface area (TPSA) is 56.5 Å². The van der Waals surface area contributed by atoms with Crippen molar-refractivity contribution in [1.82, 2.24) is 14.6 Å². The zero-order valence-electron chi connectivity index (χ0n) is 11.8. The van der Waals surface area contributed by atoms with Crippen LogP contribution in [-0.4, -0.2) is 25.1 Å². The Kier molecular flexibility index (Phi) is 3.94.